The fourth-order valence-electron chi connectivity index (χ4n) is 2.80. The minimum Gasteiger partial charge on any atom is -0.372 e. The summed E-state index contributed by atoms with van der Waals surface area (Å²) in [6, 6.07) is 2.78. The van der Waals surface area contributed by atoms with Gasteiger partial charge >= 0.3 is 0 Å². The molecule has 4 atom stereocenters. The van der Waals surface area contributed by atoms with Crippen molar-refractivity contribution >= 4 is 8.53 Å². The number of hydrogen-bond acceptors (Lipinski definition) is 5. The molecule has 1 aliphatic rings. The third-order valence-electron chi connectivity index (χ3n) is 3.68. The van der Waals surface area contributed by atoms with Crippen molar-refractivity contribution in [2.24, 2.45) is 0 Å². The third-order valence-corrected chi connectivity index (χ3v) is 5.83. The topological polar surface area (TPSA) is 54.7 Å². The summed E-state index contributed by atoms with van der Waals surface area (Å²) in [7, 11) is -1.17. The quantitative estimate of drug-likeness (QED) is 0.467. The van der Waals surface area contributed by atoms with Crippen LogP contribution in [0.25, 0.3) is 0 Å². The molecule has 0 bridgehead atoms. The van der Waals surface area contributed by atoms with E-state index in [1.165, 1.54) is 0 Å². The van der Waals surface area contributed by atoms with E-state index >= 15 is 0 Å². The van der Waals surface area contributed by atoms with Gasteiger partial charge < -0.3 is 13.8 Å². The second kappa shape index (κ2) is 9.80. The van der Waals surface area contributed by atoms with E-state index in [0.717, 1.165) is 12.8 Å². The van der Waals surface area contributed by atoms with Crippen LogP contribution in [0.4, 0.5) is 0 Å². The first-order valence-corrected chi connectivity index (χ1v) is 9.44. The lowest BCUT2D eigenvalue weighted by Crippen LogP contribution is -2.35. The smallest absolute Gasteiger partial charge is 0.259 e. The van der Waals surface area contributed by atoms with Crippen molar-refractivity contribution in [2.45, 2.75) is 91.2 Å². The van der Waals surface area contributed by atoms with Gasteiger partial charge in [0, 0.05) is 18.5 Å². The molecule has 1 heterocycles. The van der Waals surface area contributed by atoms with Crippen LogP contribution in [0, 0.1) is 11.3 Å². The first-order chi connectivity index (χ1) is 10.4. The molecule has 0 aromatic carbocycles. The highest BCUT2D eigenvalue weighted by Gasteiger charge is 2.37. The van der Waals surface area contributed by atoms with Crippen molar-refractivity contribution in [1.82, 2.24) is 4.67 Å². The summed E-state index contributed by atoms with van der Waals surface area (Å²) in [6.45, 7) is 13.2. The number of ether oxygens (including phenoxy) is 1. The third kappa shape index (κ3) is 5.76. The number of hydrogen-bond donors (Lipinski definition) is 0. The molecule has 1 fully saturated rings. The zero-order chi connectivity index (χ0) is 16.7. The van der Waals surface area contributed by atoms with Gasteiger partial charge in [0.05, 0.1) is 37.4 Å². The molecular weight excluding hydrogens is 299 g/mol. The molecule has 0 aromatic heterocycles. The van der Waals surface area contributed by atoms with E-state index in [0.29, 0.717) is 25.1 Å². The summed E-state index contributed by atoms with van der Waals surface area (Å²) in [5, 5.41) is 8.74. The summed E-state index contributed by atoms with van der Waals surface area (Å²) in [4.78, 5) is 0. The fourth-order valence-corrected chi connectivity index (χ4v) is 4.56. The molecule has 1 saturated heterocycles. The summed E-state index contributed by atoms with van der Waals surface area (Å²) in [5.74, 6) is 0. The minimum absolute atomic E-state index is 0.0770. The number of nitrogens with zero attached hydrogens (tertiary/aromatic N) is 2. The Balaban J connectivity index is 2.78. The van der Waals surface area contributed by atoms with Crippen molar-refractivity contribution < 1.29 is 13.8 Å². The molecule has 22 heavy (non-hydrogen) atoms. The Hall–Kier alpha value is -0.240. The Morgan fingerprint density at radius 1 is 1.32 bits per heavy atom. The molecule has 1 aliphatic heterocycles. The Labute approximate surface area is 136 Å². The zero-order valence-electron chi connectivity index (χ0n) is 14.8. The van der Waals surface area contributed by atoms with E-state index in [2.05, 4.69) is 52.3 Å². The van der Waals surface area contributed by atoms with Crippen LogP contribution in [0.5, 0.6) is 0 Å². The van der Waals surface area contributed by atoms with Crippen molar-refractivity contribution in [3.8, 4) is 6.07 Å². The Bertz CT molecular complexity index is 352. The molecular formula is C16H31N2O3P. The molecule has 128 valence electrons. The van der Waals surface area contributed by atoms with E-state index < -0.39 is 8.53 Å². The predicted molar refractivity (Wildman–Crippen MR) is 89.3 cm³/mol. The van der Waals surface area contributed by atoms with Gasteiger partial charge in [0.25, 0.3) is 8.53 Å². The van der Waals surface area contributed by atoms with E-state index in [1.54, 1.807) is 0 Å². The predicted octanol–water partition coefficient (Wildman–Crippen LogP) is 4.23. The SMILES string of the molecule is CC[C@H]1O[C@@H](C)C[C@H]1OP(OCCC#N)N(C(C)C)C(C)C. The second-order valence-corrected chi connectivity index (χ2v) is 7.73. The average Bonchev–Trinajstić information content (AvgIpc) is 2.78. The van der Waals surface area contributed by atoms with Crippen LogP contribution in [0.2, 0.25) is 0 Å². The van der Waals surface area contributed by atoms with E-state index in [-0.39, 0.29) is 18.3 Å². The molecule has 1 rings (SSSR count). The first-order valence-electron chi connectivity index (χ1n) is 8.31. The minimum atomic E-state index is -1.17. The maximum absolute atomic E-state index is 8.74. The molecule has 0 amide bonds. The highest BCUT2D eigenvalue weighted by molar-refractivity contribution is 7.44. The normalized spacial score (nSPS) is 26.8. The van der Waals surface area contributed by atoms with Crippen molar-refractivity contribution in [1.29, 1.82) is 5.26 Å². The summed E-state index contributed by atoms with van der Waals surface area (Å²) in [5.41, 5.74) is 0. The van der Waals surface area contributed by atoms with Crippen LogP contribution in [0.1, 0.15) is 60.8 Å². The largest absolute Gasteiger partial charge is 0.372 e. The van der Waals surface area contributed by atoms with Gasteiger partial charge in [-0.3, -0.25) is 0 Å². The van der Waals surface area contributed by atoms with Crippen molar-refractivity contribution in [3.05, 3.63) is 0 Å². The lowest BCUT2D eigenvalue weighted by molar-refractivity contribution is 0.0162. The van der Waals surface area contributed by atoms with Crippen LogP contribution in [0.3, 0.4) is 0 Å². The van der Waals surface area contributed by atoms with Gasteiger partial charge in [0.15, 0.2) is 0 Å². The highest BCUT2D eigenvalue weighted by Crippen LogP contribution is 2.49. The van der Waals surface area contributed by atoms with Gasteiger partial charge in [-0.25, -0.2) is 4.67 Å². The molecule has 0 aliphatic carbocycles. The maximum Gasteiger partial charge on any atom is 0.259 e. The Morgan fingerprint density at radius 2 is 1.95 bits per heavy atom. The highest BCUT2D eigenvalue weighted by atomic mass is 31.2. The van der Waals surface area contributed by atoms with Crippen LogP contribution in [0.15, 0.2) is 0 Å². The van der Waals surface area contributed by atoms with E-state index in [1.807, 2.05) is 0 Å². The van der Waals surface area contributed by atoms with Crippen molar-refractivity contribution in [3.63, 3.8) is 0 Å². The molecule has 0 radical (unpaired) electrons. The molecule has 0 spiro atoms. The summed E-state index contributed by atoms with van der Waals surface area (Å²) in [6.07, 6.45) is 2.69. The molecule has 1 unspecified atom stereocenters. The van der Waals surface area contributed by atoms with E-state index in [9.17, 15) is 0 Å². The van der Waals surface area contributed by atoms with Gasteiger partial charge in [-0.2, -0.15) is 5.26 Å². The summed E-state index contributed by atoms with van der Waals surface area (Å²) >= 11 is 0. The van der Waals surface area contributed by atoms with Gasteiger partial charge in [-0.15, -0.1) is 0 Å². The zero-order valence-corrected chi connectivity index (χ0v) is 15.7. The first kappa shape index (κ1) is 19.8. The maximum atomic E-state index is 8.74. The Morgan fingerprint density at radius 3 is 2.45 bits per heavy atom. The lowest BCUT2D eigenvalue weighted by atomic mass is 10.1. The van der Waals surface area contributed by atoms with Gasteiger partial charge in [0.2, 0.25) is 0 Å². The standard InChI is InChI=1S/C16H31N2O3P/c1-7-15-16(11-14(6)20-15)21-22(19-10-8-9-17)18(12(2)3)13(4)5/h12-16H,7-8,10-11H2,1-6H3/t14-,15+,16+,22?/m0/s1. The molecule has 0 N–H and O–H groups in total. The molecule has 6 heteroatoms. The van der Waals surface area contributed by atoms with Crippen LogP contribution >= 0.6 is 8.53 Å². The molecule has 0 aromatic rings. The van der Waals surface area contributed by atoms with Crippen LogP contribution in [-0.4, -0.2) is 41.7 Å². The molecule has 5 nitrogen and oxygen atoms in total. The Kier molecular flexibility index (Phi) is 8.82. The average molecular weight is 330 g/mol. The van der Waals surface area contributed by atoms with Crippen molar-refractivity contribution in [2.75, 3.05) is 6.61 Å². The van der Waals surface area contributed by atoms with Crippen LogP contribution < -0.4 is 0 Å². The summed E-state index contributed by atoms with van der Waals surface area (Å²) < 4.78 is 20.5. The van der Waals surface area contributed by atoms with Gasteiger partial charge in [-0.05, 0) is 41.0 Å². The fraction of sp³-hybridized carbons (Fsp3) is 0.938. The van der Waals surface area contributed by atoms with Gasteiger partial charge in [-0.1, -0.05) is 6.92 Å². The number of rotatable bonds is 9. The van der Waals surface area contributed by atoms with E-state index in [4.69, 9.17) is 19.0 Å². The lowest BCUT2D eigenvalue weighted by Gasteiger charge is -2.37. The van der Waals surface area contributed by atoms with Gasteiger partial charge in [0.1, 0.15) is 0 Å². The van der Waals surface area contributed by atoms with Crippen LogP contribution in [-0.2, 0) is 13.8 Å². The molecule has 0 saturated carbocycles. The number of nitriles is 1. The monoisotopic (exact) mass is 330 g/mol. The second-order valence-electron chi connectivity index (χ2n) is 6.32.